The van der Waals surface area contributed by atoms with Crippen LogP contribution in [-0.2, 0) is 0 Å². The summed E-state index contributed by atoms with van der Waals surface area (Å²) in [7, 11) is 1.32. The third kappa shape index (κ3) is 3.29. The highest BCUT2D eigenvalue weighted by Crippen LogP contribution is 2.30. The molecule has 0 aliphatic rings. The molecule has 18 heavy (non-hydrogen) atoms. The molecule has 0 aromatic heterocycles. The highest BCUT2D eigenvalue weighted by atomic mass is 16.8. The zero-order valence-corrected chi connectivity index (χ0v) is 9.52. The predicted molar refractivity (Wildman–Crippen MR) is 58.2 cm³/mol. The number of rotatable bonds is 5. The number of hydrogen-bond donors (Lipinski definition) is 6. The lowest BCUT2D eigenvalue weighted by molar-refractivity contribution is -0.390. The van der Waals surface area contributed by atoms with Crippen molar-refractivity contribution in [3.8, 4) is 11.5 Å². The van der Waals surface area contributed by atoms with E-state index in [9.17, 15) is 15.3 Å². The average Bonchev–Trinajstić information content (AvgIpc) is 2.27. The molecule has 0 saturated carbocycles. The second kappa shape index (κ2) is 5.06. The van der Waals surface area contributed by atoms with Crippen LogP contribution in [0.25, 0.3) is 0 Å². The van der Waals surface area contributed by atoms with Crippen LogP contribution in [0.2, 0.25) is 0 Å². The molecule has 102 valence electrons. The van der Waals surface area contributed by atoms with Crippen LogP contribution in [0.3, 0.4) is 0 Å². The van der Waals surface area contributed by atoms with Crippen molar-refractivity contribution in [2.24, 2.45) is 5.73 Å². The van der Waals surface area contributed by atoms with Gasteiger partial charge in [-0.1, -0.05) is 12.1 Å². The van der Waals surface area contributed by atoms with Gasteiger partial charge in [-0.25, -0.2) is 0 Å². The zero-order valence-electron chi connectivity index (χ0n) is 9.52. The van der Waals surface area contributed by atoms with Crippen LogP contribution in [0, 0.1) is 0 Å². The van der Waals surface area contributed by atoms with Crippen molar-refractivity contribution < 1.29 is 35.0 Å². The third-order valence-electron chi connectivity index (χ3n) is 2.09. The molecule has 1 unspecified atom stereocenters. The first-order valence-corrected chi connectivity index (χ1v) is 4.87. The maximum Gasteiger partial charge on any atom is 0.356 e. The van der Waals surface area contributed by atoms with E-state index >= 15 is 0 Å². The van der Waals surface area contributed by atoms with Crippen LogP contribution in [-0.4, -0.2) is 50.6 Å². The first-order chi connectivity index (χ1) is 8.18. The molecule has 1 aromatic carbocycles. The monoisotopic (exact) mass is 261 g/mol. The molecule has 0 bridgehead atoms. The standard InChI is InChI=1S/C10H15NO7/c1-17-6-4-2-3-5-7(6)18-10(15,16)8(12)9(11,13)14/h2-5,8,12-16H,11H2,1H3. The summed E-state index contributed by atoms with van der Waals surface area (Å²) < 4.78 is 9.52. The highest BCUT2D eigenvalue weighted by Gasteiger charge is 2.48. The van der Waals surface area contributed by atoms with Crippen LogP contribution >= 0.6 is 0 Å². The Hall–Kier alpha value is -1.42. The summed E-state index contributed by atoms with van der Waals surface area (Å²) in [6, 6.07) is 5.89. The lowest BCUT2D eigenvalue weighted by Crippen LogP contribution is -2.64. The number of nitrogens with two attached hydrogens (primary N) is 1. The van der Waals surface area contributed by atoms with Gasteiger partial charge in [0.25, 0.3) is 5.91 Å². The second-order valence-electron chi connectivity index (χ2n) is 3.60. The number of ether oxygens (including phenoxy) is 2. The van der Waals surface area contributed by atoms with E-state index in [2.05, 4.69) is 4.74 Å². The molecule has 0 amide bonds. The van der Waals surface area contributed by atoms with Crippen molar-refractivity contribution in [2.75, 3.05) is 7.11 Å². The van der Waals surface area contributed by atoms with E-state index in [0.717, 1.165) is 0 Å². The lowest BCUT2D eigenvalue weighted by atomic mass is 10.2. The molecule has 0 aliphatic heterocycles. The first kappa shape index (κ1) is 14.6. The van der Waals surface area contributed by atoms with Crippen molar-refractivity contribution in [3.05, 3.63) is 24.3 Å². The third-order valence-corrected chi connectivity index (χ3v) is 2.09. The van der Waals surface area contributed by atoms with Gasteiger partial charge < -0.3 is 35.0 Å². The van der Waals surface area contributed by atoms with Gasteiger partial charge in [-0.05, 0) is 12.1 Å². The van der Waals surface area contributed by atoms with Crippen molar-refractivity contribution in [1.29, 1.82) is 0 Å². The fourth-order valence-corrected chi connectivity index (χ4v) is 1.20. The summed E-state index contributed by atoms with van der Waals surface area (Å²) in [5, 5.41) is 45.8. The minimum absolute atomic E-state index is 0.131. The normalized spacial score (nSPS) is 14.2. The van der Waals surface area contributed by atoms with E-state index in [-0.39, 0.29) is 11.5 Å². The second-order valence-corrected chi connectivity index (χ2v) is 3.60. The molecule has 0 aliphatic carbocycles. The number of methoxy groups -OCH3 is 1. The smallest absolute Gasteiger partial charge is 0.356 e. The zero-order chi connectivity index (χ0) is 14.0. The molecule has 1 atom stereocenters. The maximum atomic E-state index is 9.42. The molecular weight excluding hydrogens is 246 g/mol. The van der Waals surface area contributed by atoms with Crippen LogP contribution in [0.5, 0.6) is 11.5 Å². The molecule has 8 heteroatoms. The van der Waals surface area contributed by atoms with Gasteiger partial charge in [0.15, 0.2) is 11.5 Å². The molecule has 0 fully saturated rings. The van der Waals surface area contributed by atoms with Gasteiger partial charge in [0.2, 0.25) is 6.10 Å². The summed E-state index contributed by atoms with van der Waals surface area (Å²) in [6.07, 6.45) is -2.59. The van der Waals surface area contributed by atoms with Crippen LogP contribution in [0.15, 0.2) is 24.3 Å². The maximum absolute atomic E-state index is 9.42. The molecule has 1 rings (SSSR count). The van der Waals surface area contributed by atoms with E-state index in [0.29, 0.717) is 0 Å². The first-order valence-electron chi connectivity index (χ1n) is 4.87. The van der Waals surface area contributed by atoms with Crippen LogP contribution < -0.4 is 15.2 Å². The van der Waals surface area contributed by atoms with E-state index < -0.39 is 18.0 Å². The number of benzene rings is 1. The Morgan fingerprint density at radius 1 is 1.11 bits per heavy atom. The molecule has 0 saturated heterocycles. The van der Waals surface area contributed by atoms with E-state index in [1.54, 1.807) is 6.07 Å². The number of hydrogen-bond acceptors (Lipinski definition) is 8. The molecule has 7 N–H and O–H groups in total. The van der Waals surface area contributed by atoms with Crippen LogP contribution in [0.4, 0.5) is 0 Å². The Balaban J connectivity index is 2.95. The largest absolute Gasteiger partial charge is 0.493 e. The van der Waals surface area contributed by atoms with Crippen molar-refractivity contribution >= 4 is 0 Å². The van der Waals surface area contributed by atoms with Gasteiger partial charge in [0, 0.05) is 0 Å². The van der Waals surface area contributed by atoms with Crippen LogP contribution in [0.1, 0.15) is 0 Å². The summed E-state index contributed by atoms with van der Waals surface area (Å²) in [5.74, 6) is -6.54. The van der Waals surface area contributed by atoms with Crippen molar-refractivity contribution in [3.63, 3.8) is 0 Å². The van der Waals surface area contributed by atoms with Gasteiger partial charge in [-0.2, -0.15) is 0 Å². The molecular formula is C10H15NO7. The van der Waals surface area contributed by atoms with Gasteiger partial charge in [-0.3, -0.25) is 5.73 Å². The minimum Gasteiger partial charge on any atom is -0.493 e. The molecule has 0 radical (unpaired) electrons. The number of aliphatic hydroxyl groups is 5. The van der Waals surface area contributed by atoms with Crippen molar-refractivity contribution in [2.45, 2.75) is 18.0 Å². The van der Waals surface area contributed by atoms with E-state index in [1.807, 2.05) is 0 Å². The lowest BCUT2D eigenvalue weighted by Gasteiger charge is -2.32. The average molecular weight is 261 g/mol. The Bertz CT molecular complexity index is 401. The fourth-order valence-electron chi connectivity index (χ4n) is 1.20. The van der Waals surface area contributed by atoms with Crippen molar-refractivity contribution in [1.82, 2.24) is 0 Å². The van der Waals surface area contributed by atoms with E-state index in [4.69, 9.17) is 20.7 Å². The molecule has 8 nitrogen and oxygen atoms in total. The Morgan fingerprint density at radius 2 is 1.61 bits per heavy atom. The summed E-state index contributed by atoms with van der Waals surface area (Å²) >= 11 is 0. The quantitative estimate of drug-likeness (QED) is 0.324. The summed E-state index contributed by atoms with van der Waals surface area (Å²) in [4.78, 5) is 0. The minimum atomic E-state index is -3.31. The Morgan fingerprint density at radius 3 is 2.06 bits per heavy atom. The number of aliphatic hydroxyl groups excluding tert-OH is 1. The Labute approximate surface area is 102 Å². The molecule has 0 spiro atoms. The topological polar surface area (TPSA) is 146 Å². The summed E-state index contributed by atoms with van der Waals surface area (Å²) in [6.45, 7) is 0. The highest BCUT2D eigenvalue weighted by molar-refractivity contribution is 5.39. The number of para-hydroxylation sites is 2. The van der Waals surface area contributed by atoms with Gasteiger partial charge in [0.1, 0.15) is 0 Å². The van der Waals surface area contributed by atoms with Gasteiger partial charge in [0.05, 0.1) is 7.11 Å². The van der Waals surface area contributed by atoms with E-state index in [1.165, 1.54) is 25.3 Å². The predicted octanol–water partition coefficient (Wildman–Crippen LogP) is -2.33. The molecule has 1 aromatic rings. The van der Waals surface area contributed by atoms with Gasteiger partial charge >= 0.3 is 5.97 Å². The SMILES string of the molecule is COc1ccccc1OC(O)(O)C(O)C(N)(O)O. The van der Waals surface area contributed by atoms with Gasteiger partial charge in [-0.15, -0.1) is 0 Å². The Kier molecular flexibility index (Phi) is 4.12. The summed E-state index contributed by atoms with van der Waals surface area (Å²) in [5.41, 5.74) is 4.72. The molecule has 0 heterocycles. The fraction of sp³-hybridized carbons (Fsp3) is 0.400.